The van der Waals surface area contributed by atoms with Gasteiger partial charge < -0.3 is 5.32 Å². The third-order valence-electron chi connectivity index (χ3n) is 3.27. The van der Waals surface area contributed by atoms with Crippen LogP contribution in [-0.4, -0.2) is 17.1 Å². The van der Waals surface area contributed by atoms with Crippen LogP contribution in [-0.2, 0) is 6.42 Å². The Hall–Kier alpha value is -1.41. The van der Waals surface area contributed by atoms with Gasteiger partial charge in [-0.05, 0) is 64.3 Å². The van der Waals surface area contributed by atoms with Crippen LogP contribution in [0.5, 0.6) is 0 Å². The third-order valence-corrected chi connectivity index (χ3v) is 3.27. The molecule has 0 aliphatic rings. The van der Waals surface area contributed by atoms with Gasteiger partial charge in [0.05, 0.1) is 5.52 Å². The molecular formula is C17H24N2. The summed E-state index contributed by atoms with van der Waals surface area (Å²) in [6, 6.07) is 10.5. The van der Waals surface area contributed by atoms with Gasteiger partial charge in [0.15, 0.2) is 0 Å². The van der Waals surface area contributed by atoms with Crippen LogP contribution in [0.3, 0.4) is 0 Å². The molecule has 0 spiro atoms. The molecule has 2 aromatic rings. The maximum absolute atomic E-state index is 4.41. The molecule has 0 aliphatic carbocycles. The zero-order valence-corrected chi connectivity index (χ0v) is 12.2. The van der Waals surface area contributed by atoms with E-state index in [0.717, 1.165) is 18.5 Å². The van der Waals surface area contributed by atoms with Crippen molar-refractivity contribution in [1.29, 1.82) is 0 Å². The molecule has 1 heterocycles. The number of aromatic nitrogens is 1. The molecule has 0 atom stereocenters. The number of unbranched alkanes of at least 4 members (excludes halogenated alkanes) is 1. The first-order valence-corrected chi connectivity index (χ1v) is 7.14. The van der Waals surface area contributed by atoms with Gasteiger partial charge in [-0.1, -0.05) is 18.2 Å². The first kappa shape index (κ1) is 14.0. The fourth-order valence-electron chi connectivity index (χ4n) is 2.28. The molecule has 0 bridgehead atoms. The number of hydrogen-bond donors (Lipinski definition) is 1. The lowest BCUT2D eigenvalue weighted by Crippen LogP contribution is -2.36. The summed E-state index contributed by atoms with van der Waals surface area (Å²) in [6.07, 6.45) is 5.49. The van der Waals surface area contributed by atoms with Crippen molar-refractivity contribution < 1.29 is 0 Å². The molecule has 0 unspecified atom stereocenters. The number of para-hydroxylation sites is 1. The number of fused-ring (bicyclic) bond motifs is 1. The monoisotopic (exact) mass is 256 g/mol. The van der Waals surface area contributed by atoms with Gasteiger partial charge in [-0.25, -0.2) is 0 Å². The molecular weight excluding hydrogens is 232 g/mol. The second-order valence-electron chi connectivity index (χ2n) is 6.12. The second-order valence-corrected chi connectivity index (χ2v) is 6.12. The normalized spacial score (nSPS) is 11.9. The van der Waals surface area contributed by atoms with Crippen molar-refractivity contribution in [2.45, 2.75) is 45.6 Å². The molecule has 0 saturated heterocycles. The Balaban J connectivity index is 1.88. The molecule has 19 heavy (non-hydrogen) atoms. The maximum atomic E-state index is 4.41. The molecule has 2 rings (SSSR count). The maximum Gasteiger partial charge on any atom is 0.0704 e. The Bertz CT molecular complexity index is 521. The van der Waals surface area contributed by atoms with Gasteiger partial charge in [0.25, 0.3) is 0 Å². The van der Waals surface area contributed by atoms with Gasteiger partial charge in [0, 0.05) is 17.1 Å². The topological polar surface area (TPSA) is 24.9 Å². The van der Waals surface area contributed by atoms with E-state index in [9.17, 15) is 0 Å². The molecule has 2 nitrogen and oxygen atoms in total. The molecule has 1 aromatic heterocycles. The highest BCUT2D eigenvalue weighted by Gasteiger charge is 2.07. The predicted molar refractivity (Wildman–Crippen MR) is 82.4 cm³/mol. The molecule has 0 saturated carbocycles. The van der Waals surface area contributed by atoms with Crippen molar-refractivity contribution in [3.05, 3.63) is 42.1 Å². The Morgan fingerprint density at radius 2 is 1.84 bits per heavy atom. The highest BCUT2D eigenvalue weighted by Crippen LogP contribution is 2.17. The van der Waals surface area contributed by atoms with Crippen molar-refractivity contribution in [1.82, 2.24) is 10.3 Å². The van der Waals surface area contributed by atoms with E-state index in [-0.39, 0.29) is 5.54 Å². The number of aryl methyl sites for hydroxylation is 1. The van der Waals surface area contributed by atoms with Gasteiger partial charge >= 0.3 is 0 Å². The standard InChI is InChI=1S/C17H24N2/c1-17(2,3)19-12-7-6-8-14-11-13-18-16-10-5-4-9-15(14)16/h4-5,9-11,13,19H,6-8,12H2,1-3H3. The van der Waals surface area contributed by atoms with E-state index in [2.05, 4.69) is 55.3 Å². The zero-order valence-electron chi connectivity index (χ0n) is 12.2. The van der Waals surface area contributed by atoms with Crippen LogP contribution in [0.2, 0.25) is 0 Å². The predicted octanol–water partition coefficient (Wildman–Crippen LogP) is 3.95. The molecule has 2 heteroatoms. The SMILES string of the molecule is CC(C)(C)NCCCCc1ccnc2ccccc12. The van der Waals surface area contributed by atoms with Gasteiger partial charge in [-0.3, -0.25) is 4.98 Å². The summed E-state index contributed by atoms with van der Waals surface area (Å²) < 4.78 is 0. The Labute approximate surface area is 116 Å². The van der Waals surface area contributed by atoms with E-state index >= 15 is 0 Å². The second kappa shape index (κ2) is 6.16. The highest BCUT2D eigenvalue weighted by molar-refractivity contribution is 5.81. The summed E-state index contributed by atoms with van der Waals surface area (Å²) in [5, 5.41) is 4.83. The van der Waals surface area contributed by atoms with Gasteiger partial charge in [0.1, 0.15) is 0 Å². The Morgan fingerprint density at radius 1 is 1.05 bits per heavy atom. The van der Waals surface area contributed by atoms with Gasteiger partial charge in [0.2, 0.25) is 0 Å². The minimum absolute atomic E-state index is 0.226. The van der Waals surface area contributed by atoms with E-state index in [1.165, 1.54) is 23.8 Å². The summed E-state index contributed by atoms with van der Waals surface area (Å²) in [5.41, 5.74) is 2.75. The molecule has 0 radical (unpaired) electrons. The van der Waals surface area contributed by atoms with Crippen LogP contribution in [0.4, 0.5) is 0 Å². The molecule has 1 aromatic carbocycles. The fourth-order valence-corrected chi connectivity index (χ4v) is 2.28. The first-order chi connectivity index (χ1) is 9.06. The van der Waals surface area contributed by atoms with Gasteiger partial charge in [-0.15, -0.1) is 0 Å². The fraction of sp³-hybridized carbons (Fsp3) is 0.471. The van der Waals surface area contributed by atoms with Crippen molar-refractivity contribution in [3.63, 3.8) is 0 Å². The van der Waals surface area contributed by atoms with Crippen molar-refractivity contribution in [2.24, 2.45) is 0 Å². The van der Waals surface area contributed by atoms with Crippen LogP contribution in [0, 0.1) is 0 Å². The van der Waals surface area contributed by atoms with E-state index < -0.39 is 0 Å². The van der Waals surface area contributed by atoms with Crippen LogP contribution in [0.25, 0.3) is 10.9 Å². The molecule has 0 aliphatic heterocycles. The summed E-state index contributed by atoms with van der Waals surface area (Å²) in [4.78, 5) is 4.41. The molecule has 0 amide bonds. The summed E-state index contributed by atoms with van der Waals surface area (Å²) >= 11 is 0. The number of hydrogen-bond acceptors (Lipinski definition) is 2. The van der Waals surface area contributed by atoms with E-state index in [0.29, 0.717) is 0 Å². The van der Waals surface area contributed by atoms with Crippen LogP contribution < -0.4 is 5.32 Å². The number of pyridine rings is 1. The summed E-state index contributed by atoms with van der Waals surface area (Å²) in [6.45, 7) is 7.72. The first-order valence-electron chi connectivity index (χ1n) is 7.14. The average molecular weight is 256 g/mol. The van der Waals surface area contributed by atoms with Crippen molar-refractivity contribution in [3.8, 4) is 0 Å². The molecule has 0 fully saturated rings. The van der Waals surface area contributed by atoms with E-state index in [1.54, 1.807) is 0 Å². The van der Waals surface area contributed by atoms with E-state index in [1.807, 2.05) is 12.3 Å². The highest BCUT2D eigenvalue weighted by atomic mass is 14.9. The summed E-state index contributed by atoms with van der Waals surface area (Å²) in [7, 11) is 0. The number of nitrogens with zero attached hydrogens (tertiary/aromatic N) is 1. The van der Waals surface area contributed by atoms with Crippen molar-refractivity contribution in [2.75, 3.05) is 6.54 Å². The van der Waals surface area contributed by atoms with Gasteiger partial charge in [-0.2, -0.15) is 0 Å². The number of nitrogens with one attached hydrogen (secondary N) is 1. The Kier molecular flexibility index (Phi) is 4.54. The third kappa shape index (κ3) is 4.32. The van der Waals surface area contributed by atoms with Crippen LogP contribution in [0.15, 0.2) is 36.5 Å². The van der Waals surface area contributed by atoms with Crippen molar-refractivity contribution >= 4 is 10.9 Å². The largest absolute Gasteiger partial charge is 0.312 e. The summed E-state index contributed by atoms with van der Waals surface area (Å²) in [5.74, 6) is 0. The Morgan fingerprint density at radius 3 is 2.63 bits per heavy atom. The lowest BCUT2D eigenvalue weighted by Gasteiger charge is -2.20. The average Bonchev–Trinajstić information content (AvgIpc) is 2.37. The number of benzene rings is 1. The van der Waals surface area contributed by atoms with Crippen LogP contribution in [0.1, 0.15) is 39.2 Å². The lowest BCUT2D eigenvalue weighted by molar-refractivity contribution is 0.419. The number of rotatable bonds is 5. The minimum Gasteiger partial charge on any atom is -0.312 e. The lowest BCUT2D eigenvalue weighted by atomic mass is 10.0. The smallest absolute Gasteiger partial charge is 0.0704 e. The molecule has 102 valence electrons. The van der Waals surface area contributed by atoms with E-state index in [4.69, 9.17) is 0 Å². The minimum atomic E-state index is 0.226. The zero-order chi connectivity index (χ0) is 13.7. The molecule has 1 N–H and O–H groups in total. The quantitative estimate of drug-likeness (QED) is 0.819. The van der Waals surface area contributed by atoms with Crippen LogP contribution >= 0.6 is 0 Å².